The molecule has 1 amide bonds. The minimum Gasteiger partial charge on any atom is -0.478 e. The highest BCUT2D eigenvalue weighted by molar-refractivity contribution is 6.51. The predicted octanol–water partition coefficient (Wildman–Crippen LogP) is 1.56. The number of carboxylic acids is 1. The molecule has 1 aromatic carbocycles. The molecule has 3 rings (SSSR count). The fraction of sp³-hybridized carbons (Fsp3) is 0.304. The zero-order chi connectivity index (χ0) is 22.5. The first kappa shape index (κ1) is 22.0. The fourth-order valence-corrected chi connectivity index (χ4v) is 3.67. The average Bonchev–Trinajstić information content (AvgIpc) is 3.25. The van der Waals surface area contributed by atoms with Crippen LogP contribution in [-0.4, -0.2) is 35.5 Å². The monoisotopic (exact) mass is 422 g/mol. The number of carboxylic acid groups (broad SMARTS) is 1. The van der Waals surface area contributed by atoms with E-state index in [2.05, 4.69) is 15.8 Å². The van der Waals surface area contributed by atoms with Gasteiger partial charge < -0.3 is 16.3 Å². The molecule has 0 saturated carbocycles. The average molecular weight is 422 g/mol. The molecule has 2 aliphatic carbocycles. The summed E-state index contributed by atoms with van der Waals surface area (Å²) in [5.74, 6) is -2.33. The second-order valence-electron chi connectivity index (χ2n) is 7.56. The number of benzene rings is 1. The number of carbonyl (C=O) groups excluding carboxylic acids is 2. The summed E-state index contributed by atoms with van der Waals surface area (Å²) < 4.78 is 0. The molecule has 0 heterocycles. The summed E-state index contributed by atoms with van der Waals surface area (Å²) in [7, 11) is 1.55. The number of Topliss-reactive ketones (excluding diaryl/α,β-unsaturated/α-hetero) is 1. The van der Waals surface area contributed by atoms with Gasteiger partial charge in [0.1, 0.15) is 11.4 Å². The molecule has 162 valence electrons. The van der Waals surface area contributed by atoms with Gasteiger partial charge in [-0.3, -0.25) is 20.0 Å². The standard InChI is InChI=1S/C23H26N4O4/c1-13(26-27-22(29)15-7-9-16(10-8-15)23(30)31)19(24)21(28)20(25-2)18-11-6-14-4-3-5-17(14)12-18/h6-7,9-12,15,26H,3-5,8,24H2,1-2H3,(H,27,29)(H,30,31). The Bertz CT molecular complexity index is 1050. The molecule has 8 heteroatoms. The number of fused-ring (bicyclic) bond motifs is 1. The van der Waals surface area contributed by atoms with E-state index in [4.69, 9.17) is 10.8 Å². The lowest BCUT2D eigenvalue weighted by molar-refractivity contribution is -0.132. The highest BCUT2D eigenvalue weighted by Gasteiger charge is 2.22. The summed E-state index contributed by atoms with van der Waals surface area (Å²) in [5.41, 5.74) is 15.2. The van der Waals surface area contributed by atoms with Gasteiger partial charge in [0, 0.05) is 12.6 Å². The zero-order valence-corrected chi connectivity index (χ0v) is 17.6. The van der Waals surface area contributed by atoms with Gasteiger partial charge in [0.25, 0.3) is 0 Å². The van der Waals surface area contributed by atoms with E-state index >= 15 is 0 Å². The Kier molecular flexibility index (Phi) is 6.69. The van der Waals surface area contributed by atoms with Crippen molar-refractivity contribution in [1.29, 1.82) is 0 Å². The Morgan fingerprint density at radius 1 is 1.16 bits per heavy atom. The van der Waals surface area contributed by atoms with Crippen LogP contribution in [0.2, 0.25) is 0 Å². The molecule has 0 aromatic heterocycles. The molecular weight excluding hydrogens is 396 g/mol. The summed E-state index contributed by atoms with van der Waals surface area (Å²) in [6.45, 7) is 1.59. The molecule has 0 bridgehead atoms. The second kappa shape index (κ2) is 9.42. The van der Waals surface area contributed by atoms with Crippen molar-refractivity contribution in [3.63, 3.8) is 0 Å². The van der Waals surface area contributed by atoms with E-state index in [0.717, 1.165) is 24.8 Å². The van der Waals surface area contributed by atoms with Crippen LogP contribution in [0.25, 0.3) is 0 Å². The number of aliphatic imine (C=N–C) groups is 1. The third kappa shape index (κ3) is 4.91. The Morgan fingerprint density at radius 2 is 1.90 bits per heavy atom. The van der Waals surface area contributed by atoms with Gasteiger partial charge >= 0.3 is 5.97 Å². The molecule has 8 nitrogen and oxygen atoms in total. The maximum atomic E-state index is 12.9. The van der Waals surface area contributed by atoms with Crippen LogP contribution in [0.5, 0.6) is 0 Å². The number of amides is 1. The van der Waals surface area contributed by atoms with Gasteiger partial charge in [0.2, 0.25) is 11.7 Å². The van der Waals surface area contributed by atoms with Crippen LogP contribution in [0.3, 0.4) is 0 Å². The van der Waals surface area contributed by atoms with Gasteiger partial charge in [-0.1, -0.05) is 30.4 Å². The van der Waals surface area contributed by atoms with Crippen molar-refractivity contribution in [2.24, 2.45) is 16.6 Å². The number of hydrazine groups is 1. The smallest absolute Gasteiger partial charge is 0.335 e. The van der Waals surface area contributed by atoms with Gasteiger partial charge in [0.05, 0.1) is 17.2 Å². The molecule has 0 fully saturated rings. The van der Waals surface area contributed by atoms with Crippen LogP contribution in [0.4, 0.5) is 0 Å². The largest absolute Gasteiger partial charge is 0.478 e. The van der Waals surface area contributed by atoms with Crippen LogP contribution < -0.4 is 16.6 Å². The van der Waals surface area contributed by atoms with Crippen molar-refractivity contribution in [2.75, 3.05) is 7.05 Å². The molecular formula is C23H26N4O4. The predicted molar refractivity (Wildman–Crippen MR) is 117 cm³/mol. The maximum Gasteiger partial charge on any atom is 0.335 e. The SMILES string of the molecule is CN=C(C(=O)C(N)=C(C)NNC(=O)C1C=CC(C(=O)O)=CC1)c1ccc2c(c1)CCC2. The van der Waals surface area contributed by atoms with Gasteiger partial charge in [-0.2, -0.15) is 0 Å². The van der Waals surface area contributed by atoms with Crippen LogP contribution in [-0.2, 0) is 27.2 Å². The van der Waals surface area contributed by atoms with Crippen LogP contribution >= 0.6 is 0 Å². The Hall–Kier alpha value is -3.68. The normalized spacial score (nSPS) is 18.6. The maximum absolute atomic E-state index is 12.9. The van der Waals surface area contributed by atoms with Gasteiger partial charge in [-0.05, 0) is 49.8 Å². The fourth-order valence-electron chi connectivity index (χ4n) is 3.67. The van der Waals surface area contributed by atoms with E-state index in [9.17, 15) is 14.4 Å². The lowest BCUT2D eigenvalue weighted by Gasteiger charge is -2.17. The second-order valence-corrected chi connectivity index (χ2v) is 7.56. The number of hydrogen-bond acceptors (Lipinski definition) is 6. The summed E-state index contributed by atoms with van der Waals surface area (Å²) in [6, 6.07) is 5.91. The first-order valence-corrected chi connectivity index (χ1v) is 10.1. The van der Waals surface area contributed by atoms with Gasteiger partial charge in [-0.25, -0.2) is 4.79 Å². The number of nitrogens with one attached hydrogen (secondary N) is 2. The molecule has 0 aliphatic heterocycles. The molecule has 1 atom stereocenters. The number of carbonyl (C=O) groups is 3. The van der Waals surface area contributed by atoms with Crippen LogP contribution in [0.1, 0.15) is 36.5 Å². The van der Waals surface area contributed by atoms with Gasteiger partial charge in [-0.15, -0.1) is 0 Å². The number of nitrogens with zero attached hydrogens (tertiary/aromatic N) is 1. The summed E-state index contributed by atoms with van der Waals surface area (Å²) >= 11 is 0. The molecule has 0 saturated heterocycles. The Labute approximate surface area is 180 Å². The first-order chi connectivity index (χ1) is 14.8. The number of ketones is 1. The molecule has 1 unspecified atom stereocenters. The topological polar surface area (TPSA) is 134 Å². The third-order valence-corrected chi connectivity index (χ3v) is 5.52. The highest BCUT2D eigenvalue weighted by Crippen LogP contribution is 2.23. The molecule has 0 spiro atoms. The number of aryl methyl sites for hydroxylation is 2. The number of nitrogens with two attached hydrogens (primary N) is 1. The molecule has 31 heavy (non-hydrogen) atoms. The molecule has 5 N–H and O–H groups in total. The number of allylic oxidation sites excluding steroid dienone is 3. The first-order valence-electron chi connectivity index (χ1n) is 10.1. The highest BCUT2D eigenvalue weighted by atomic mass is 16.4. The molecule has 2 aliphatic rings. The van der Waals surface area contributed by atoms with E-state index in [1.807, 2.05) is 18.2 Å². The van der Waals surface area contributed by atoms with Crippen molar-refractivity contribution in [1.82, 2.24) is 10.9 Å². The summed E-state index contributed by atoms with van der Waals surface area (Å²) in [4.78, 5) is 40.3. The van der Waals surface area contributed by atoms with Crippen molar-refractivity contribution in [2.45, 2.75) is 32.6 Å². The number of hydrogen-bond donors (Lipinski definition) is 4. The molecule has 0 radical (unpaired) electrons. The van der Waals surface area contributed by atoms with E-state index in [-0.39, 0.29) is 29.3 Å². The van der Waals surface area contributed by atoms with Crippen molar-refractivity contribution in [3.8, 4) is 0 Å². The summed E-state index contributed by atoms with van der Waals surface area (Å²) in [5, 5.41) is 8.95. The zero-order valence-electron chi connectivity index (χ0n) is 17.6. The van der Waals surface area contributed by atoms with E-state index in [0.29, 0.717) is 5.70 Å². The van der Waals surface area contributed by atoms with Crippen molar-refractivity contribution >= 4 is 23.4 Å². The minimum absolute atomic E-state index is 0.0476. The third-order valence-electron chi connectivity index (χ3n) is 5.52. The summed E-state index contributed by atoms with van der Waals surface area (Å²) in [6.07, 6.45) is 7.85. The van der Waals surface area contributed by atoms with E-state index in [1.165, 1.54) is 29.4 Å². The van der Waals surface area contributed by atoms with Crippen molar-refractivity contribution < 1.29 is 19.5 Å². The number of aliphatic carboxylic acids is 1. The lowest BCUT2D eigenvalue weighted by Crippen LogP contribution is -2.41. The number of rotatable bonds is 7. The van der Waals surface area contributed by atoms with Crippen LogP contribution in [0.15, 0.2) is 58.4 Å². The quantitative estimate of drug-likeness (QED) is 0.299. The Morgan fingerprint density at radius 3 is 2.55 bits per heavy atom. The minimum atomic E-state index is -1.03. The van der Waals surface area contributed by atoms with Crippen molar-refractivity contribution in [3.05, 3.63) is 70.1 Å². The molecule has 1 aromatic rings. The van der Waals surface area contributed by atoms with Gasteiger partial charge in [0.15, 0.2) is 0 Å². The van der Waals surface area contributed by atoms with Crippen LogP contribution in [0, 0.1) is 5.92 Å². The lowest BCUT2D eigenvalue weighted by atomic mass is 9.96. The van der Waals surface area contributed by atoms with E-state index in [1.54, 1.807) is 14.0 Å². The van der Waals surface area contributed by atoms with E-state index < -0.39 is 17.7 Å². The Balaban J connectivity index is 1.64.